The van der Waals surface area contributed by atoms with Gasteiger partial charge in [0.1, 0.15) is 6.54 Å². The molecule has 1 heterocycles. The molecule has 1 fully saturated rings. The second-order valence-electron chi connectivity index (χ2n) is 4.57. The van der Waals surface area contributed by atoms with Crippen LogP contribution in [0.3, 0.4) is 0 Å². The standard InChI is InChI=1S/C13H18N2O2/c16-12(14-11-6-2-1-3-7-11)10-15-9-5-4-8-13(15)17/h4-5,8-9,11H,1-3,6-7,10H2,(H,14,16). The molecular weight excluding hydrogens is 216 g/mol. The predicted molar refractivity (Wildman–Crippen MR) is 65.7 cm³/mol. The third-order valence-electron chi connectivity index (χ3n) is 3.18. The number of aromatic nitrogens is 1. The zero-order valence-corrected chi connectivity index (χ0v) is 9.89. The number of carbonyl (C=O) groups excluding carboxylic acids is 1. The van der Waals surface area contributed by atoms with Gasteiger partial charge in [0.25, 0.3) is 5.56 Å². The van der Waals surface area contributed by atoms with Crippen molar-refractivity contribution in [3.05, 3.63) is 34.7 Å². The molecule has 0 spiro atoms. The molecule has 0 saturated heterocycles. The maximum atomic E-state index is 11.8. The normalized spacial score (nSPS) is 16.7. The van der Waals surface area contributed by atoms with Gasteiger partial charge in [0, 0.05) is 18.3 Å². The molecule has 1 aliphatic rings. The number of carbonyl (C=O) groups is 1. The molecule has 0 unspecified atom stereocenters. The average Bonchev–Trinajstić information content (AvgIpc) is 2.33. The van der Waals surface area contributed by atoms with E-state index in [-0.39, 0.29) is 18.0 Å². The first-order valence-electron chi connectivity index (χ1n) is 6.20. The molecule has 0 bridgehead atoms. The first-order valence-corrected chi connectivity index (χ1v) is 6.20. The van der Waals surface area contributed by atoms with Gasteiger partial charge in [-0.15, -0.1) is 0 Å². The minimum atomic E-state index is -0.133. The fraction of sp³-hybridized carbons (Fsp3) is 0.538. The van der Waals surface area contributed by atoms with Crippen molar-refractivity contribution in [1.29, 1.82) is 0 Å². The maximum Gasteiger partial charge on any atom is 0.250 e. The Hall–Kier alpha value is -1.58. The third-order valence-corrected chi connectivity index (χ3v) is 3.18. The minimum absolute atomic E-state index is 0.0646. The molecule has 1 amide bonds. The molecular formula is C13H18N2O2. The van der Waals surface area contributed by atoms with Gasteiger partial charge in [0.2, 0.25) is 5.91 Å². The molecule has 1 aromatic heterocycles. The van der Waals surface area contributed by atoms with Crippen LogP contribution in [0.4, 0.5) is 0 Å². The fourth-order valence-electron chi connectivity index (χ4n) is 2.27. The molecule has 0 radical (unpaired) electrons. The van der Waals surface area contributed by atoms with Gasteiger partial charge in [-0.2, -0.15) is 0 Å². The van der Waals surface area contributed by atoms with Crippen LogP contribution >= 0.6 is 0 Å². The van der Waals surface area contributed by atoms with Crippen LogP contribution < -0.4 is 10.9 Å². The molecule has 1 aliphatic carbocycles. The van der Waals surface area contributed by atoms with E-state index < -0.39 is 0 Å². The SMILES string of the molecule is O=C(Cn1ccccc1=O)NC1CCCCC1. The monoisotopic (exact) mass is 234 g/mol. The Bertz CT molecular complexity index is 433. The van der Waals surface area contributed by atoms with E-state index in [4.69, 9.17) is 0 Å². The molecule has 1 saturated carbocycles. The van der Waals surface area contributed by atoms with Crippen LogP contribution in [0, 0.1) is 0 Å². The molecule has 92 valence electrons. The van der Waals surface area contributed by atoms with E-state index >= 15 is 0 Å². The van der Waals surface area contributed by atoms with E-state index in [9.17, 15) is 9.59 Å². The molecule has 2 rings (SSSR count). The van der Waals surface area contributed by atoms with E-state index in [1.54, 1.807) is 18.3 Å². The number of hydrogen-bond acceptors (Lipinski definition) is 2. The lowest BCUT2D eigenvalue weighted by molar-refractivity contribution is -0.122. The van der Waals surface area contributed by atoms with Crippen molar-refractivity contribution in [2.24, 2.45) is 0 Å². The summed E-state index contributed by atoms with van der Waals surface area (Å²) in [6.45, 7) is 0.121. The second-order valence-corrected chi connectivity index (χ2v) is 4.57. The molecule has 17 heavy (non-hydrogen) atoms. The second kappa shape index (κ2) is 5.66. The smallest absolute Gasteiger partial charge is 0.250 e. The summed E-state index contributed by atoms with van der Waals surface area (Å²) in [7, 11) is 0. The molecule has 0 aliphatic heterocycles. The Labute approximate surface area is 101 Å². The Morgan fingerprint density at radius 1 is 1.29 bits per heavy atom. The summed E-state index contributed by atoms with van der Waals surface area (Å²) in [4.78, 5) is 23.2. The Balaban J connectivity index is 1.89. The van der Waals surface area contributed by atoms with Gasteiger partial charge in [0.15, 0.2) is 0 Å². The van der Waals surface area contributed by atoms with Gasteiger partial charge in [0.05, 0.1) is 0 Å². The first kappa shape index (κ1) is 11.9. The van der Waals surface area contributed by atoms with Crippen LogP contribution in [0.25, 0.3) is 0 Å². The zero-order chi connectivity index (χ0) is 12.1. The summed E-state index contributed by atoms with van der Waals surface area (Å²) >= 11 is 0. The van der Waals surface area contributed by atoms with Gasteiger partial charge in [-0.3, -0.25) is 9.59 Å². The highest BCUT2D eigenvalue weighted by molar-refractivity contribution is 5.76. The zero-order valence-electron chi connectivity index (χ0n) is 9.89. The minimum Gasteiger partial charge on any atom is -0.352 e. The highest BCUT2D eigenvalue weighted by Gasteiger charge is 2.15. The molecule has 4 nitrogen and oxygen atoms in total. The van der Waals surface area contributed by atoms with Crippen LogP contribution in [0.5, 0.6) is 0 Å². The van der Waals surface area contributed by atoms with Crippen LogP contribution in [0.1, 0.15) is 32.1 Å². The van der Waals surface area contributed by atoms with E-state index in [0.29, 0.717) is 6.04 Å². The van der Waals surface area contributed by atoms with Crippen LogP contribution in [0.2, 0.25) is 0 Å². The van der Waals surface area contributed by atoms with Crippen molar-refractivity contribution < 1.29 is 4.79 Å². The van der Waals surface area contributed by atoms with Crippen molar-refractivity contribution in [2.45, 2.75) is 44.7 Å². The summed E-state index contributed by atoms with van der Waals surface area (Å²) in [6, 6.07) is 5.21. The first-order chi connectivity index (χ1) is 8.25. The summed E-state index contributed by atoms with van der Waals surface area (Å²) in [6.07, 6.45) is 7.42. The lowest BCUT2D eigenvalue weighted by Crippen LogP contribution is -2.39. The summed E-state index contributed by atoms with van der Waals surface area (Å²) < 4.78 is 1.43. The quantitative estimate of drug-likeness (QED) is 0.857. The molecule has 0 atom stereocenters. The van der Waals surface area contributed by atoms with Crippen LogP contribution in [0.15, 0.2) is 29.2 Å². The van der Waals surface area contributed by atoms with Gasteiger partial charge in [-0.25, -0.2) is 0 Å². The largest absolute Gasteiger partial charge is 0.352 e. The number of rotatable bonds is 3. The average molecular weight is 234 g/mol. The van der Waals surface area contributed by atoms with E-state index in [1.165, 1.54) is 29.9 Å². The molecule has 4 heteroatoms. The highest BCUT2D eigenvalue weighted by Crippen LogP contribution is 2.17. The summed E-state index contributed by atoms with van der Waals surface area (Å²) in [5, 5.41) is 3.00. The topological polar surface area (TPSA) is 51.1 Å². The third kappa shape index (κ3) is 3.44. The van der Waals surface area contributed by atoms with Gasteiger partial charge in [-0.1, -0.05) is 25.3 Å². The summed E-state index contributed by atoms with van der Waals surface area (Å²) in [5.41, 5.74) is -0.133. The van der Waals surface area contributed by atoms with Crippen LogP contribution in [-0.2, 0) is 11.3 Å². The molecule has 1 N–H and O–H groups in total. The van der Waals surface area contributed by atoms with Crippen molar-refractivity contribution in [3.63, 3.8) is 0 Å². The van der Waals surface area contributed by atoms with Crippen LogP contribution in [-0.4, -0.2) is 16.5 Å². The fourth-order valence-corrected chi connectivity index (χ4v) is 2.27. The molecule has 0 aromatic carbocycles. The number of amides is 1. The van der Waals surface area contributed by atoms with E-state index in [2.05, 4.69) is 5.32 Å². The van der Waals surface area contributed by atoms with Gasteiger partial charge < -0.3 is 9.88 Å². The van der Waals surface area contributed by atoms with Crippen molar-refractivity contribution in [3.8, 4) is 0 Å². The lowest BCUT2D eigenvalue weighted by Gasteiger charge is -2.22. The lowest BCUT2D eigenvalue weighted by atomic mass is 9.95. The Morgan fingerprint density at radius 3 is 2.76 bits per heavy atom. The predicted octanol–water partition coefficient (Wildman–Crippen LogP) is 1.30. The van der Waals surface area contributed by atoms with Gasteiger partial charge >= 0.3 is 0 Å². The Kier molecular flexibility index (Phi) is 3.96. The number of nitrogens with one attached hydrogen (secondary N) is 1. The Morgan fingerprint density at radius 2 is 2.06 bits per heavy atom. The maximum absolute atomic E-state index is 11.8. The van der Waals surface area contributed by atoms with Crippen molar-refractivity contribution in [1.82, 2.24) is 9.88 Å². The number of nitrogens with zero attached hydrogens (tertiary/aromatic N) is 1. The van der Waals surface area contributed by atoms with Crippen molar-refractivity contribution >= 4 is 5.91 Å². The summed E-state index contributed by atoms with van der Waals surface area (Å²) in [5.74, 6) is -0.0646. The highest BCUT2D eigenvalue weighted by atomic mass is 16.2. The van der Waals surface area contributed by atoms with Gasteiger partial charge in [-0.05, 0) is 18.9 Å². The molecule has 1 aromatic rings. The number of pyridine rings is 1. The van der Waals surface area contributed by atoms with Crippen molar-refractivity contribution in [2.75, 3.05) is 0 Å². The van der Waals surface area contributed by atoms with E-state index in [0.717, 1.165) is 12.8 Å². The van der Waals surface area contributed by atoms with E-state index in [1.807, 2.05) is 0 Å². The number of hydrogen-bond donors (Lipinski definition) is 1.